The van der Waals surface area contributed by atoms with E-state index in [1.165, 1.54) is 0 Å². The van der Waals surface area contributed by atoms with E-state index in [9.17, 15) is 35.9 Å². The van der Waals surface area contributed by atoms with E-state index in [0.29, 0.717) is 0 Å². The summed E-state index contributed by atoms with van der Waals surface area (Å²) in [6, 6.07) is 0. The third-order valence-corrected chi connectivity index (χ3v) is 1.75. The highest BCUT2D eigenvalue weighted by molar-refractivity contribution is 5.84. The van der Waals surface area contributed by atoms with Gasteiger partial charge in [-0.15, -0.1) is 0 Å². The van der Waals surface area contributed by atoms with E-state index >= 15 is 0 Å². The molecule has 0 radical (unpaired) electrons. The molecule has 0 heterocycles. The average Bonchev–Trinajstić information content (AvgIpc) is 2.22. The predicted octanol–water partition coefficient (Wildman–Crippen LogP) is 2.61. The lowest BCUT2D eigenvalue weighted by Gasteiger charge is -2.20. The fourth-order valence-electron chi connectivity index (χ4n) is 0.888. The van der Waals surface area contributed by atoms with Gasteiger partial charge in [0.2, 0.25) is 12.1 Å². The summed E-state index contributed by atoms with van der Waals surface area (Å²) in [5.41, 5.74) is 0. The SMILES string of the molecule is CC(C)COC(CC(=O)C(F)(F)F)OC(=O)C(F)(F)F. The van der Waals surface area contributed by atoms with E-state index in [1.54, 1.807) is 13.8 Å². The fraction of sp³-hybridized carbons (Fsp3) is 0.800. The Morgan fingerprint density at radius 3 is 1.85 bits per heavy atom. The predicted molar refractivity (Wildman–Crippen MR) is 52.4 cm³/mol. The molecular weight excluding hydrogens is 298 g/mol. The first-order valence-corrected chi connectivity index (χ1v) is 5.33. The van der Waals surface area contributed by atoms with Gasteiger partial charge in [0, 0.05) is 0 Å². The molecule has 1 unspecified atom stereocenters. The number of ketones is 1. The van der Waals surface area contributed by atoms with Crippen LogP contribution in [0.2, 0.25) is 0 Å². The van der Waals surface area contributed by atoms with Crippen molar-refractivity contribution in [3.63, 3.8) is 0 Å². The Hall–Kier alpha value is -1.32. The third-order valence-electron chi connectivity index (χ3n) is 1.75. The topological polar surface area (TPSA) is 52.6 Å². The lowest BCUT2D eigenvalue weighted by atomic mass is 10.2. The Labute approximate surface area is 110 Å². The Kier molecular flexibility index (Phi) is 6.45. The van der Waals surface area contributed by atoms with E-state index in [4.69, 9.17) is 0 Å². The second-order valence-electron chi connectivity index (χ2n) is 4.18. The number of hydrogen-bond donors (Lipinski definition) is 0. The van der Waals surface area contributed by atoms with Gasteiger partial charge in [-0.1, -0.05) is 13.8 Å². The highest BCUT2D eigenvalue weighted by Gasteiger charge is 2.45. The number of alkyl halides is 6. The number of halogens is 6. The highest BCUT2D eigenvalue weighted by atomic mass is 19.4. The minimum atomic E-state index is -5.39. The maximum atomic E-state index is 12.0. The lowest BCUT2D eigenvalue weighted by Crippen LogP contribution is -2.36. The van der Waals surface area contributed by atoms with Gasteiger partial charge in [-0.25, -0.2) is 4.79 Å². The second kappa shape index (κ2) is 6.91. The summed E-state index contributed by atoms with van der Waals surface area (Å²) in [5.74, 6) is -5.31. The van der Waals surface area contributed by atoms with Crippen LogP contribution in [0.15, 0.2) is 0 Å². The first-order valence-electron chi connectivity index (χ1n) is 5.33. The molecular formula is C10H12F6O4. The van der Waals surface area contributed by atoms with E-state index < -0.39 is 36.8 Å². The van der Waals surface area contributed by atoms with Crippen LogP contribution in [0.3, 0.4) is 0 Å². The molecule has 0 aliphatic carbocycles. The van der Waals surface area contributed by atoms with Crippen molar-refractivity contribution in [1.82, 2.24) is 0 Å². The van der Waals surface area contributed by atoms with Gasteiger partial charge in [-0.05, 0) is 5.92 Å². The Balaban J connectivity index is 4.74. The van der Waals surface area contributed by atoms with Crippen LogP contribution in [0.1, 0.15) is 20.3 Å². The maximum absolute atomic E-state index is 12.0. The van der Waals surface area contributed by atoms with Crippen molar-refractivity contribution in [1.29, 1.82) is 0 Å². The zero-order valence-electron chi connectivity index (χ0n) is 10.5. The van der Waals surface area contributed by atoms with Gasteiger partial charge in [0.1, 0.15) is 0 Å². The van der Waals surface area contributed by atoms with Crippen LogP contribution in [0, 0.1) is 5.92 Å². The summed E-state index contributed by atoms with van der Waals surface area (Å²) in [6.07, 6.45) is -14.4. The molecule has 20 heavy (non-hydrogen) atoms. The summed E-state index contributed by atoms with van der Waals surface area (Å²) in [4.78, 5) is 21.2. The molecule has 0 aromatic heterocycles. The van der Waals surface area contributed by atoms with Gasteiger partial charge in [0.05, 0.1) is 13.0 Å². The van der Waals surface area contributed by atoms with E-state index in [2.05, 4.69) is 9.47 Å². The van der Waals surface area contributed by atoms with Gasteiger partial charge >= 0.3 is 18.3 Å². The van der Waals surface area contributed by atoms with Crippen molar-refractivity contribution < 1.29 is 45.4 Å². The molecule has 0 N–H and O–H groups in total. The van der Waals surface area contributed by atoms with Gasteiger partial charge in [-0.3, -0.25) is 4.79 Å². The smallest absolute Gasteiger partial charge is 0.429 e. The molecule has 0 saturated heterocycles. The molecule has 0 spiro atoms. The van der Waals surface area contributed by atoms with Crippen LogP contribution < -0.4 is 0 Å². The number of carbonyl (C=O) groups excluding carboxylic acids is 2. The molecule has 0 aromatic rings. The van der Waals surface area contributed by atoms with Crippen LogP contribution in [-0.2, 0) is 19.1 Å². The quantitative estimate of drug-likeness (QED) is 0.430. The number of esters is 1. The second-order valence-corrected chi connectivity index (χ2v) is 4.18. The summed E-state index contributed by atoms with van der Waals surface area (Å²) in [7, 11) is 0. The highest BCUT2D eigenvalue weighted by Crippen LogP contribution is 2.23. The van der Waals surface area contributed by atoms with Gasteiger partial charge in [0.25, 0.3) is 0 Å². The van der Waals surface area contributed by atoms with E-state index in [0.717, 1.165) is 0 Å². The molecule has 0 aromatic carbocycles. The Bertz CT molecular complexity index is 319. The summed E-state index contributed by atoms with van der Waals surface area (Å²) in [6.45, 7) is 2.85. The monoisotopic (exact) mass is 310 g/mol. The molecule has 10 heteroatoms. The summed E-state index contributed by atoms with van der Waals surface area (Å²) in [5, 5.41) is 0. The van der Waals surface area contributed by atoms with Crippen LogP contribution in [0.25, 0.3) is 0 Å². The molecule has 0 fully saturated rings. The minimum absolute atomic E-state index is 0.247. The minimum Gasteiger partial charge on any atom is -0.429 e. The molecule has 0 rings (SSSR count). The molecule has 0 aliphatic heterocycles. The normalized spacial score (nSPS) is 14.2. The number of ether oxygens (including phenoxy) is 2. The van der Waals surface area contributed by atoms with E-state index in [-0.39, 0.29) is 12.5 Å². The molecule has 1 atom stereocenters. The molecule has 0 bridgehead atoms. The van der Waals surface area contributed by atoms with Crippen LogP contribution in [0.4, 0.5) is 26.3 Å². The van der Waals surface area contributed by atoms with Crippen molar-refractivity contribution in [2.45, 2.75) is 38.9 Å². The van der Waals surface area contributed by atoms with Crippen molar-refractivity contribution in [2.75, 3.05) is 6.61 Å². The number of hydrogen-bond acceptors (Lipinski definition) is 4. The largest absolute Gasteiger partial charge is 0.491 e. The van der Waals surface area contributed by atoms with E-state index in [1.807, 2.05) is 0 Å². The van der Waals surface area contributed by atoms with Gasteiger partial charge in [-0.2, -0.15) is 26.3 Å². The number of carbonyl (C=O) groups is 2. The fourth-order valence-corrected chi connectivity index (χ4v) is 0.888. The average molecular weight is 310 g/mol. The first kappa shape index (κ1) is 18.7. The van der Waals surface area contributed by atoms with Crippen LogP contribution >= 0.6 is 0 Å². The maximum Gasteiger partial charge on any atom is 0.491 e. The molecule has 0 aliphatic rings. The van der Waals surface area contributed by atoms with Crippen molar-refractivity contribution in [2.24, 2.45) is 5.92 Å². The molecule has 4 nitrogen and oxygen atoms in total. The van der Waals surface area contributed by atoms with Crippen molar-refractivity contribution in [3.05, 3.63) is 0 Å². The zero-order chi connectivity index (χ0) is 16.1. The Morgan fingerprint density at radius 1 is 1.00 bits per heavy atom. The first-order chi connectivity index (χ1) is 8.84. The van der Waals surface area contributed by atoms with Gasteiger partial charge in [0.15, 0.2) is 0 Å². The zero-order valence-corrected chi connectivity index (χ0v) is 10.5. The molecule has 118 valence electrons. The summed E-state index contributed by atoms with van der Waals surface area (Å²) >= 11 is 0. The van der Waals surface area contributed by atoms with Gasteiger partial charge < -0.3 is 9.47 Å². The van der Waals surface area contributed by atoms with Crippen molar-refractivity contribution in [3.8, 4) is 0 Å². The third kappa shape index (κ3) is 7.31. The summed E-state index contributed by atoms with van der Waals surface area (Å²) < 4.78 is 80.2. The number of rotatable bonds is 6. The van der Waals surface area contributed by atoms with Crippen LogP contribution in [0.5, 0.6) is 0 Å². The number of Topliss-reactive ketones (excluding diaryl/α,β-unsaturated/α-hetero) is 1. The Morgan fingerprint density at radius 2 is 1.50 bits per heavy atom. The van der Waals surface area contributed by atoms with Crippen molar-refractivity contribution >= 4 is 11.8 Å². The lowest BCUT2D eigenvalue weighted by molar-refractivity contribution is -0.229. The van der Waals surface area contributed by atoms with Crippen LogP contribution in [-0.4, -0.2) is 37.0 Å². The standard InChI is InChI=1S/C10H12F6O4/c1-5(2)4-19-7(3-6(17)9(11,12)13)20-8(18)10(14,15)16/h5,7H,3-4H2,1-2H3. The molecule has 0 amide bonds. The molecule has 0 saturated carbocycles.